The molecular formula is C26H21N5O3S. The Kier molecular flexibility index (Phi) is 6.32. The van der Waals surface area contributed by atoms with Gasteiger partial charge >= 0.3 is 0 Å². The highest BCUT2D eigenvalue weighted by Crippen LogP contribution is 2.31. The summed E-state index contributed by atoms with van der Waals surface area (Å²) >= 11 is 1.35. The number of aromatic nitrogens is 1. The van der Waals surface area contributed by atoms with Crippen LogP contribution in [0.2, 0.25) is 0 Å². The zero-order chi connectivity index (χ0) is 24.2. The van der Waals surface area contributed by atoms with Crippen molar-refractivity contribution >= 4 is 33.8 Å². The number of hydrazone groups is 1. The van der Waals surface area contributed by atoms with Gasteiger partial charge in [0.1, 0.15) is 17.2 Å². The fraction of sp³-hybridized carbons (Fsp3) is 0.115. The van der Waals surface area contributed by atoms with Gasteiger partial charge in [-0.05, 0) is 67.6 Å². The molecule has 1 aromatic heterocycles. The number of ether oxygens (including phenoxy) is 2. The molecule has 35 heavy (non-hydrogen) atoms. The average Bonchev–Trinajstić information content (AvgIpc) is 3.49. The number of carbonyl (C=O) groups excluding carboxylic acids is 1. The Labute approximate surface area is 206 Å². The second-order valence-corrected chi connectivity index (χ2v) is 8.50. The van der Waals surface area contributed by atoms with Crippen LogP contribution in [0, 0.1) is 0 Å². The van der Waals surface area contributed by atoms with Gasteiger partial charge in [0.2, 0.25) is 5.13 Å². The summed E-state index contributed by atoms with van der Waals surface area (Å²) in [5, 5.41) is 16.6. The van der Waals surface area contributed by atoms with Crippen molar-refractivity contribution in [3.05, 3.63) is 84.2 Å². The Balaban J connectivity index is 1.26. The largest absolute Gasteiger partial charge is 0.497 e. The molecule has 0 N–H and O–H groups in total. The second-order valence-electron chi connectivity index (χ2n) is 7.66. The average molecular weight is 484 g/mol. The van der Waals surface area contributed by atoms with Crippen molar-refractivity contribution < 1.29 is 14.3 Å². The minimum absolute atomic E-state index is 0.286. The van der Waals surface area contributed by atoms with Crippen molar-refractivity contribution in [2.75, 3.05) is 12.1 Å². The number of para-hydroxylation sites is 1. The van der Waals surface area contributed by atoms with Crippen LogP contribution in [0.4, 0.5) is 10.8 Å². The first kappa shape index (κ1) is 22.4. The standard InChI is InChI=1S/C26H21N5O3S/c1-17-24(29-28-19-10-14-22(15-11-19)34-21-6-4-3-5-7-21)25(32)31(30-17)26-27-23(16-35-26)18-8-12-20(33-2)13-9-18/h3-16,24H,1-2H3. The molecule has 174 valence electrons. The van der Waals surface area contributed by atoms with Gasteiger partial charge in [0.05, 0.1) is 24.2 Å². The third kappa shape index (κ3) is 4.95. The summed E-state index contributed by atoms with van der Waals surface area (Å²) in [5.41, 5.74) is 2.86. The molecular weight excluding hydrogens is 462 g/mol. The lowest BCUT2D eigenvalue weighted by Crippen LogP contribution is -2.29. The van der Waals surface area contributed by atoms with E-state index in [1.807, 2.05) is 60.0 Å². The van der Waals surface area contributed by atoms with Crippen LogP contribution in [0.1, 0.15) is 6.92 Å². The van der Waals surface area contributed by atoms with E-state index < -0.39 is 6.04 Å². The molecule has 4 aromatic rings. The van der Waals surface area contributed by atoms with Crippen LogP contribution in [-0.4, -0.2) is 29.8 Å². The summed E-state index contributed by atoms with van der Waals surface area (Å²) in [5.74, 6) is 1.92. The number of carbonyl (C=O) groups is 1. The molecule has 0 bridgehead atoms. The van der Waals surface area contributed by atoms with Gasteiger partial charge in [-0.1, -0.05) is 18.2 Å². The van der Waals surface area contributed by atoms with E-state index in [4.69, 9.17) is 9.47 Å². The highest BCUT2D eigenvalue weighted by molar-refractivity contribution is 7.14. The molecule has 1 unspecified atom stereocenters. The third-order valence-electron chi connectivity index (χ3n) is 5.26. The summed E-state index contributed by atoms with van der Waals surface area (Å²) in [6, 6.07) is 23.5. The van der Waals surface area contributed by atoms with Crippen LogP contribution < -0.4 is 14.5 Å². The zero-order valence-electron chi connectivity index (χ0n) is 19.0. The van der Waals surface area contributed by atoms with Crippen molar-refractivity contribution in [3.63, 3.8) is 0 Å². The molecule has 0 spiro atoms. The van der Waals surface area contributed by atoms with Gasteiger partial charge < -0.3 is 9.47 Å². The molecule has 5 rings (SSSR count). The Hall–Kier alpha value is -4.37. The van der Waals surface area contributed by atoms with E-state index >= 15 is 0 Å². The molecule has 8 nitrogen and oxygen atoms in total. The fourth-order valence-corrected chi connectivity index (χ4v) is 4.20. The van der Waals surface area contributed by atoms with Gasteiger partial charge in [-0.25, -0.2) is 4.98 Å². The molecule has 2 heterocycles. The molecule has 1 aliphatic rings. The molecule has 1 amide bonds. The predicted molar refractivity (Wildman–Crippen MR) is 136 cm³/mol. The molecule has 0 saturated heterocycles. The van der Waals surface area contributed by atoms with E-state index in [1.165, 1.54) is 16.3 Å². The molecule has 0 saturated carbocycles. The van der Waals surface area contributed by atoms with Gasteiger partial charge in [0.15, 0.2) is 6.04 Å². The van der Waals surface area contributed by atoms with E-state index in [1.54, 1.807) is 38.3 Å². The van der Waals surface area contributed by atoms with E-state index in [-0.39, 0.29) is 5.91 Å². The number of methoxy groups -OCH3 is 1. The lowest BCUT2D eigenvalue weighted by molar-refractivity contribution is -0.117. The van der Waals surface area contributed by atoms with Crippen molar-refractivity contribution in [2.45, 2.75) is 13.0 Å². The van der Waals surface area contributed by atoms with Crippen LogP contribution >= 0.6 is 11.3 Å². The van der Waals surface area contributed by atoms with Crippen LogP contribution in [-0.2, 0) is 4.79 Å². The van der Waals surface area contributed by atoms with Gasteiger partial charge in [-0.2, -0.15) is 20.3 Å². The van der Waals surface area contributed by atoms with Gasteiger partial charge in [-0.3, -0.25) is 4.79 Å². The first-order valence-electron chi connectivity index (χ1n) is 10.8. The molecule has 9 heteroatoms. The molecule has 3 aromatic carbocycles. The number of hydrogen-bond acceptors (Lipinski definition) is 8. The molecule has 1 aliphatic heterocycles. The molecule has 1 atom stereocenters. The number of nitrogens with zero attached hydrogens (tertiary/aromatic N) is 5. The number of anilines is 1. The van der Waals surface area contributed by atoms with Crippen molar-refractivity contribution in [1.29, 1.82) is 0 Å². The van der Waals surface area contributed by atoms with E-state index in [9.17, 15) is 4.79 Å². The molecule has 0 aliphatic carbocycles. The zero-order valence-corrected chi connectivity index (χ0v) is 19.8. The van der Waals surface area contributed by atoms with E-state index in [0.29, 0.717) is 22.3 Å². The number of amides is 1. The topological polar surface area (TPSA) is 88.7 Å². The monoisotopic (exact) mass is 483 g/mol. The maximum Gasteiger partial charge on any atom is 0.282 e. The Morgan fingerprint density at radius 2 is 1.60 bits per heavy atom. The first-order chi connectivity index (χ1) is 17.1. The van der Waals surface area contributed by atoms with E-state index in [0.717, 1.165) is 22.8 Å². The summed E-state index contributed by atoms with van der Waals surface area (Å²) in [6.07, 6.45) is 0. The highest BCUT2D eigenvalue weighted by Gasteiger charge is 2.36. The summed E-state index contributed by atoms with van der Waals surface area (Å²) in [6.45, 7) is 1.76. The van der Waals surface area contributed by atoms with Crippen LogP contribution in [0.25, 0.3) is 11.3 Å². The summed E-state index contributed by atoms with van der Waals surface area (Å²) in [7, 11) is 1.62. The maximum absolute atomic E-state index is 13.0. The SMILES string of the molecule is COc1ccc(-c2csc(N3N=C(C)C(N=Nc4ccc(Oc5ccccc5)cc4)C3=O)n2)cc1. The van der Waals surface area contributed by atoms with Gasteiger partial charge in [0, 0.05) is 10.9 Å². The Morgan fingerprint density at radius 1 is 0.914 bits per heavy atom. The normalized spacial score (nSPS) is 15.5. The lowest BCUT2D eigenvalue weighted by atomic mass is 10.2. The van der Waals surface area contributed by atoms with Crippen molar-refractivity contribution in [2.24, 2.45) is 15.3 Å². The van der Waals surface area contributed by atoms with Crippen LogP contribution in [0.3, 0.4) is 0 Å². The molecule has 0 radical (unpaired) electrons. The van der Waals surface area contributed by atoms with Crippen molar-refractivity contribution in [3.8, 4) is 28.5 Å². The quantitative estimate of drug-likeness (QED) is 0.281. The number of thiazole rings is 1. The van der Waals surface area contributed by atoms with Crippen molar-refractivity contribution in [1.82, 2.24) is 4.98 Å². The number of hydrogen-bond donors (Lipinski definition) is 0. The maximum atomic E-state index is 13.0. The fourth-order valence-electron chi connectivity index (χ4n) is 3.41. The number of rotatable bonds is 7. The highest BCUT2D eigenvalue weighted by atomic mass is 32.1. The summed E-state index contributed by atoms with van der Waals surface area (Å²) < 4.78 is 11.0. The lowest BCUT2D eigenvalue weighted by Gasteiger charge is -2.08. The first-order valence-corrected chi connectivity index (χ1v) is 11.7. The molecule has 0 fully saturated rings. The number of azo groups is 1. The van der Waals surface area contributed by atoms with Crippen LogP contribution in [0.15, 0.2) is 99.6 Å². The summed E-state index contributed by atoms with van der Waals surface area (Å²) in [4.78, 5) is 17.6. The minimum atomic E-state index is -0.788. The minimum Gasteiger partial charge on any atom is -0.497 e. The van der Waals surface area contributed by atoms with Gasteiger partial charge in [-0.15, -0.1) is 11.3 Å². The Bertz CT molecular complexity index is 1380. The second kappa shape index (κ2) is 9.86. The van der Waals surface area contributed by atoms with Gasteiger partial charge in [0.25, 0.3) is 5.91 Å². The van der Waals surface area contributed by atoms with Crippen LogP contribution in [0.5, 0.6) is 17.2 Å². The predicted octanol–water partition coefficient (Wildman–Crippen LogP) is 6.49. The Morgan fingerprint density at radius 3 is 2.31 bits per heavy atom. The third-order valence-corrected chi connectivity index (χ3v) is 6.08. The smallest absolute Gasteiger partial charge is 0.282 e. The van der Waals surface area contributed by atoms with E-state index in [2.05, 4.69) is 20.3 Å². The number of benzene rings is 3.